The van der Waals surface area contributed by atoms with Crippen molar-refractivity contribution in [1.29, 1.82) is 0 Å². The number of rotatable bonds is 12. The number of benzene rings is 1. The smallest absolute Gasteiger partial charge is 0.251 e. The minimum atomic E-state index is -0.121. The van der Waals surface area contributed by atoms with Gasteiger partial charge in [-0.1, -0.05) is 40.7 Å². The number of nitrogens with zero attached hydrogens (tertiary/aromatic N) is 4. The zero-order chi connectivity index (χ0) is 22.1. The van der Waals surface area contributed by atoms with Crippen LogP contribution in [-0.4, -0.2) is 57.7 Å². The summed E-state index contributed by atoms with van der Waals surface area (Å²) < 4.78 is 8.09. The van der Waals surface area contributed by atoms with E-state index in [0.717, 1.165) is 33.5 Å². The van der Waals surface area contributed by atoms with Crippen molar-refractivity contribution in [2.24, 2.45) is 0 Å². The average molecular weight is 507 g/mol. The van der Waals surface area contributed by atoms with E-state index in [2.05, 4.69) is 43.6 Å². The average Bonchev–Trinajstić information content (AvgIpc) is 3.18. The van der Waals surface area contributed by atoms with E-state index in [1.165, 1.54) is 0 Å². The molecule has 31 heavy (non-hydrogen) atoms. The Labute approximate surface area is 194 Å². The Bertz CT molecular complexity index is 1010. The third-order valence-corrected chi connectivity index (χ3v) is 5.90. The highest BCUT2D eigenvalue weighted by atomic mass is 79.9. The molecule has 0 fully saturated rings. The lowest BCUT2D eigenvalue weighted by atomic mass is 10.2. The maximum atomic E-state index is 12.4. The third-order valence-electron chi connectivity index (χ3n) is 4.35. The van der Waals surface area contributed by atoms with E-state index in [4.69, 9.17) is 9.72 Å². The maximum absolute atomic E-state index is 12.4. The molecule has 166 valence electrons. The molecule has 2 N–H and O–H groups in total. The number of anilines is 1. The van der Waals surface area contributed by atoms with Crippen molar-refractivity contribution in [1.82, 2.24) is 25.1 Å². The van der Waals surface area contributed by atoms with Gasteiger partial charge in [-0.2, -0.15) is 5.10 Å². The molecular weight excluding hydrogens is 480 g/mol. The molecule has 0 spiro atoms. The van der Waals surface area contributed by atoms with Crippen LogP contribution in [0.4, 0.5) is 5.82 Å². The number of carbonyl (C=O) groups excluding carboxylic acids is 1. The van der Waals surface area contributed by atoms with Crippen molar-refractivity contribution in [2.75, 3.05) is 37.4 Å². The Morgan fingerprint density at radius 2 is 2.13 bits per heavy atom. The number of ether oxygens (including phenoxy) is 1. The molecule has 2 aromatic heterocycles. The normalized spacial score (nSPS) is 11.1. The van der Waals surface area contributed by atoms with Gasteiger partial charge in [-0.25, -0.2) is 14.6 Å². The summed E-state index contributed by atoms with van der Waals surface area (Å²) in [4.78, 5) is 21.7. The summed E-state index contributed by atoms with van der Waals surface area (Å²) in [5.41, 5.74) is 1.37. The number of amides is 1. The van der Waals surface area contributed by atoms with Crippen molar-refractivity contribution in [3.63, 3.8) is 0 Å². The molecule has 0 saturated heterocycles. The molecule has 0 atom stereocenters. The predicted molar refractivity (Wildman–Crippen MR) is 128 cm³/mol. The van der Waals surface area contributed by atoms with Crippen LogP contribution >= 0.6 is 27.7 Å². The molecule has 0 bridgehead atoms. The van der Waals surface area contributed by atoms with E-state index in [1.54, 1.807) is 30.1 Å². The van der Waals surface area contributed by atoms with Gasteiger partial charge in [0.05, 0.1) is 24.7 Å². The molecule has 0 unspecified atom stereocenters. The summed E-state index contributed by atoms with van der Waals surface area (Å²) in [6.07, 6.45) is 2.81. The Hall–Kier alpha value is -2.17. The fourth-order valence-corrected chi connectivity index (χ4v) is 3.98. The molecule has 0 aliphatic heterocycles. The lowest BCUT2D eigenvalue weighted by Gasteiger charge is -2.10. The fraction of sp³-hybridized carbons (Fsp3) is 0.429. The highest BCUT2D eigenvalue weighted by molar-refractivity contribution is 9.10. The second kappa shape index (κ2) is 12.0. The molecule has 3 rings (SSSR count). The van der Waals surface area contributed by atoms with Gasteiger partial charge in [-0.3, -0.25) is 4.79 Å². The maximum Gasteiger partial charge on any atom is 0.251 e. The zero-order valence-corrected chi connectivity index (χ0v) is 20.1. The standard InChI is InChI=1S/C21H27BrN6O2S/c1-3-12-31-21-26-18(23-9-11-30-4-2)17-14-25-28(19(17)27-21)10-8-24-20(29)15-6-5-7-16(22)13-15/h5-7,13-14H,3-4,8-12H2,1-2H3,(H,24,29)(H,23,26,27). The molecule has 0 saturated carbocycles. The third kappa shape index (κ3) is 6.65. The van der Waals surface area contributed by atoms with Gasteiger partial charge in [0, 0.05) is 35.5 Å². The number of hydrogen-bond acceptors (Lipinski definition) is 7. The van der Waals surface area contributed by atoms with E-state index < -0.39 is 0 Å². The molecule has 2 heterocycles. The number of thioether (sulfide) groups is 1. The number of carbonyl (C=O) groups is 1. The molecule has 0 aliphatic carbocycles. The van der Waals surface area contributed by atoms with E-state index in [9.17, 15) is 4.79 Å². The first-order chi connectivity index (χ1) is 15.1. The molecule has 1 aromatic carbocycles. The lowest BCUT2D eigenvalue weighted by Crippen LogP contribution is -2.27. The van der Waals surface area contributed by atoms with Crippen LogP contribution in [0.2, 0.25) is 0 Å². The number of aromatic nitrogens is 4. The molecule has 0 aliphatic rings. The zero-order valence-electron chi connectivity index (χ0n) is 17.7. The Balaban J connectivity index is 1.71. The lowest BCUT2D eigenvalue weighted by molar-refractivity contribution is 0.0952. The van der Waals surface area contributed by atoms with Crippen LogP contribution < -0.4 is 10.6 Å². The van der Waals surface area contributed by atoms with Gasteiger partial charge in [0.25, 0.3) is 5.91 Å². The van der Waals surface area contributed by atoms with Gasteiger partial charge >= 0.3 is 0 Å². The Kier molecular flexibility index (Phi) is 9.11. The van der Waals surface area contributed by atoms with E-state index in [0.29, 0.717) is 43.6 Å². The quantitative estimate of drug-likeness (QED) is 0.218. The minimum Gasteiger partial charge on any atom is -0.380 e. The van der Waals surface area contributed by atoms with Gasteiger partial charge in [0.1, 0.15) is 5.82 Å². The minimum absolute atomic E-state index is 0.121. The molecule has 8 nitrogen and oxygen atoms in total. The second-order valence-electron chi connectivity index (χ2n) is 6.70. The molecule has 10 heteroatoms. The Morgan fingerprint density at radius 1 is 1.26 bits per heavy atom. The van der Waals surface area contributed by atoms with Gasteiger partial charge in [0.2, 0.25) is 0 Å². The SMILES string of the molecule is CCCSc1nc(NCCOCC)c2cnn(CCNC(=O)c3cccc(Br)c3)c2n1. The van der Waals surface area contributed by atoms with Gasteiger partial charge < -0.3 is 15.4 Å². The topological polar surface area (TPSA) is 94.0 Å². The molecule has 0 radical (unpaired) electrons. The summed E-state index contributed by atoms with van der Waals surface area (Å²) >= 11 is 5.01. The first-order valence-corrected chi connectivity index (χ1v) is 12.1. The summed E-state index contributed by atoms with van der Waals surface area (Å²) in [6.45, 7) is 7.00. The van der Waals surface area contributed by atoms with Crippen LogP contribution in [0.3, 0.4) is 0 Å². The monoisotopic (exact) mass is 506 g/mol. The van der Waals surface area contributed by atoms with Crippen LogP contribution in [0.1, 0.15) is 30.6 Å². The van der Waals surface area contributed by atoms with Gasteiger partial charge in [0.15, 0.2) is 10.8 Å². The summed E-state index contributed by atoms with van der Waals surface area (Å²) in [5.74, 6) is 1.58. The van der Waals surface area contributed by atoms with Crippen LogP contribution in [0.5, 0.6) is 0 Å². The number of hydrogen-bond donors (Lipinski definition) is 2. The van der Waals surface area contributed by atoms with Crippen molar-refractivity contribution in [3.05, 3.63) is 40.5 Å². The van der Waals surface area contributed by atoms with Crippen LogP contribution in [0.15, 0.2) is 40.1 Å². The number of nitrogens with one attached hydrogen (secondary N) is 2. The molecular formula is C21H27BrN6O2S. The van der Waals surface area contributed by atoms with Crippen molar-refractivity contribution in [2.45, 2.75) is 32.0 Å². The van der Waals surface area contributed by atoms with Crippen LogP contribution in [0.25, 0.3) is 11.0 Å². The van der Waals surface area contributed by atoms with E-state index in [1.807, 2.05) is 23.7 Å². The first kappa shape index (κ1) is 23.5. The Morgan fingerprint density at radius 3 is 2.90 bits per heavy atom. The number of fused-ring (bicyclic) bond motifs is 1. The second-order valence-corrected chi connectivity index (χ2v) is 8.68. The number of halogens is 1. The van der Waals surface area contributed by atoms with Crippen molar-refractivity contribution < 1.29 is 9.53 Å². The summed E-state index contributed by atoms with van der Waals surface area (Å²) in [5, 5.41) is 12.3. The first-order valence-electron chi connectivity index (χ1n) is 10.3. The fourth-order valence-electron chi connectivity index (χ4n) is 2.88. The van der Waals surface area contributed by atoms with Crippen LogP contribution in [0, 0.1) is 0 Å². The largest absolute Gasteiger partial charge is 0.380 e. The summed E-state index contributed by atoms with van der Waals surface area (Å²) in [7, 11) is 0. The molecule has 3 aromatic rings. The molecule has 1 amide bonds. The highest BCUT2D eigenvalue weighted by Crippen LogP contribution is 2.24. The van der Waals surface area contributed by atoms with E-state index >= 15 is 0 Å². The summed E-state index contributed by atoms with van der Waals surface area (Å²) in [6, 6.07) is 7.31. The predicted octanol–water partition coefficient (Wildman–Crippen LogP) is 3.97. The highest BCUT2D eigenvalue weighted by Gasteiger charge is 2.14. The van der Waals surface area contributed by atoms with Crippen molar-refractivity contribution >= 4 is 50.5 Å². The van der Waals surface area contributed by atoms with Gasteiger partial charge in [-0.05, 0) is 31.5 Å². The van der Waals surface area contributed by atoms with Crippen molar-refractivity contribution in [3.8, 4) is 0 Å². The van der Waals surface area contributed by atoms with Gasteiger partial charge in [-0.15, -0.1) is 0 Å². The van der Waals surface area contributed by atoms with E-state index in [-0.39, 0.29) is 5.91 Å². The van der Waals surface area contributed by atoms with Crippen LogP contribution in [-0.2, 0) is 11.3 Å².